The van der Waals surface area contributed by atoms with E-state index in [0.717, 1.165) is 18.2 Å². The van der Waals surface area contributed by atoms with Gasteiger partial charge in [-0.1, -0.05) is 0 Å². The maximum absolute atomic E-state index is 13.4. The molecule has 88 valence electrons. The molecule has 0 saturated carbocycles. The first kappa shape index (κ1) is 11.6. The van der Waals surface area contributed by atoms with Crippen molar-refractivity contribution < 1.29 is 8.78 Å². The molecule has 5 heteroatoms. The van der Waals surface area contributed by atoms with E-state index in [1.165, 1.54) is 18.6 Å². The van der Waals surface area contributed by atoms with Crippen LogP contribution >= 0.6 is 0 Å². The van der Waals surface area contributed by atoms with Gasteiger partial charge in [-0.15, -0.1) is 0 Å². The Balaban J connectivity index is 2.18. The maximum Gasteiger partial charge on any atom is 0.126 e. The number of hydrogen-bond donors (Lipinski definition) is 1. The Morgan fingerprint density at radius 3 is 2.76 bits per heavy atom. The minimum Gasteiger partial charge on any atom is -0.322 e. The predicted molar refractivity (Wildman–Crippen MR) is 59.0 cm³/mol. The minimum atomic E-state index is -0.500. The highest BCUT2D eigenvalue weighted by Crippen LogP contribution is 2.17. The van der Waals surface area contributed by atoms with Crippen LogP contribution in [-0.4, -0.2) is 9.97 Å². The molecule has 2 N–H and O–H groups in total. The van der Waals surface area contributed by atoms with Crippen molar-refractivity contribution in [3.63, 3.8) is 0 Å². The Kier molecular flexibility index (Phi) is 3.39. The van der Waals surface area contributed by atoms with Crippen LogP contribution in [0.2, 0.25) is 0 Å². The van der Waals surface area contributed by atoms with Crippen LogP contribution in [0.25, 0.3) is 0 Å². The smallest absolute Gasteiger partial charge is 0.126 e. The van der Waals surface area contributed by atoms with Gasteiger partial charge in [0.2, 0.25) is 0 Å². The van der Waals surface area contributed by atoms with Crippen molar-refractivity contribution in [2.45, 2.75) is 12.5 Å². The Hall–Kier alpha value is -1.88. The van der Waals surface area contributed by atoms with Crippen LogP contribution in [0, 0.1) is 11.6 Å². The maximum atomic E-state index is 13.4. The monoisotopic (exact) mass is 235 g/mol. The normalized spacial score (nSPS) is 12.4. The second-order valence-corrected chi connectivity index (χ2v) is 3.68. The molecule has 1 aromatic heterocycles. The molecule has 1 unspecified atom stereocenters. The zero-order chi connectivity index (χ0) is 12.3. The zero-order valence-electron chi connectivity index (χ0n) is 8.98. The first-order chi connectivity index (χ1) is 8.16. The summed E-state index contributed by atoms with van der Waals surface area (Å²) in [7, 11) is 0. The second-order valence-electron chi connectivity index (χ2n) is 3.68. The molecule has 0 aliphatic rings. The second kappa shape index (κ2) is 4.97. The highest BCUT2D eigenvalue weighted by molar-refractivity contribution is 5.21. The van der Waals surface area contributed by atoms with E-state index in [2.05, 4.69) is 9.97 Å². The lowest BCUT2D eigenvalue weighted by molar-refractivity contribution is 0.570. The van der Waals surface area contributed by atoms with Gasteiger partial charge in [-0.25, -0.2) is 8.78 Å². The molecule has 0 spiro atoms. The quantitative estimate of drug-likeness (QED) is 0.885. The fourth-order valence-corrected chi connectivity index (χ4v) is 1.54. The molecule has 0 radical (unpaired) electrons. The van der Waals surface area contributed by atoms with Gasteiger partial charge in [0, 0.05) is 18.6 Å². The number of nitrogens with two attached hydrogens (primary N) is 1. The number of aromatic nitrogens is 2. The summed E-state index contributed by atoms with van der Waals surface area (Å²) in [5.41, 5.74) is 6.65. The lowest BCUT2D eigenvalue weighted by atomic mass is 10.0. The average molecular weight is 235 g/mol. The molecule has 0 amide bonds. The van der Waals surface area contributed by atoms with Crippen LogP contribution in [0.1, 0.15) is 17.3 Å². The largest absolute Gasteiger partial charge is 0.322 e. The highest BCUT2D eigenvalue weighted by Gasteiger charge is 2.12. The van der Waals surface area contributed by atoms with Crippen molar-refractivity contribution in [3.05, 3.63) is 59.7 Å². The number of nitrogens with zero attached hydrogens (tertiary/aromatic N) is 2. The van der Waals surface area contributed by atoms with E-state index in [0.29, 0.717) is 5.69 Å². The molecule has 17 heavy (non-hydrogen) atoms. The van der Waals surface area contributed by atoms with Gasteiger partial charge < -0.3 is 5.73 Å². The van der Waals surface area contributed by atoms with Crippen LogP contribution < -0.4 is 5.73 Å². The fourth-order valence-electron chi connectivity index (χ4n) is 1.54. The highest BCUT2D eigenvalue weighted by atomic mass is 19.1. The predicted octanol–water partition coefficient (Wildman–Crippen LogP) is 2.00. The van der Waals surface area contributed by atoms with Crippen LogP contribution in [0.3, 0.4) is 0 Å². The SMILES string of the molecule is NC(Cc1cc(F)ccc1F)c1cnccn1. The van der Waals surface area contributed by atoms with Gasteiger partial charge in [-0.3, -0.25) is 9.97 Å². The Morgan fingerprint density at radius 1 is 1.24 bits per heavy atom. The van der Waals surface area contributed by atoms with Gasteiger partial charge >= 0.3 is 0 Å². The van der Waals surface area contributed by atoms with Crippen LogP contribution in [-0.2, 0) is 6.42 Å². The van der Waals surface area contributed by atoms with E-state index in [-0.39, 0.29) is 12.0 Å². The van der Waals surface area contributed by atoms with E-state index in [9.17, 15) is 8.78 Å². The van der Waals surface area contributed by atoms with Crippen LogP contribution in [0.5, 0.6) is 0 Å². The van der Waals surface area contributed by atoms with Gasteiger partial charge in [0.25, 0.3) is 0 Å². The van der Waals surface area contributed by atoms with E-state index < -0.39 is 17.7 Å². The molecular formula is C12H11F2N3. The Morgan fingerprint density at radius 2 is 2.06 bits per heavy atom. The molecule has 0 fully saturated rings. The number of rotatable bonds is 3. The van der Waals surface area contributed by atoms with E-state index in [4.69, 9.17) is 5.73 Å². The topological polar surface area (TPSA) is 51.8 Å². The number of halogens is 2. The fraction of sp³-hybridized carbons (Fsp3) is 0.167. The lowest BCUT2D eigenvalue weighted by Gasteiger charge is -2.11. The third kappa shape index (κ3) is 2.82. The molecule has 1 aromatic carbocycles. The van der Waals surface area contributed by atoms with E-state index in [1.807, 2.05) is 0 Å². The third-order valence-corrected chi connectivity index (χ3v) is 2.41. The standard InChI is InChI=1S/C12H11F2N3/c13-9-1-2-10(14)8(5-9)6-11(15)12-7-16-3-4-17-12/h1-5,7,11H,6,15H2. The first-order valence-electron chi connectivity index (χ1n) is 5.12. The van der Waals surface area contributed by atoms with Crippen molar-refractivity contribution >= 4 is 0 Å². The molecule has 0 aliphatic heterocycles. The van der Waals surface area contributed by atoms with Crippen molar-refractivity contribution in [3.8, 4) is 0 Å². The summed E-state index contributed by atoms with van der Waals surface area (Å²) in [6, 6.07) is 2.81. The molecule has 0 bridgehead atoms. The van der Waals surface area contributed by atoms with Gasteiger partial charge in [0.05, 0.1) is 11.7 Å². The van der Waals surface area contributed by atoms with E-state index in [1.54, 1.807) is 0 Å². The van der Waals surface area contributed by atoms with Crippen molar-refractivity contribution in [2.75, 3.05) is 0 Å². The van der Waals surface area contributed by atoms with Gasteiger partial charge in [-0.2, -0.15) is 0 Å². The Bertz CT molecular complexity index is 502. The first-order valence-corrected chi connectivity index (χ1v) is 5.12. The van der Waals surface area contributed by atoms with Crippen molar-refractivity contribution in [1.82, 2.24) is 9.97 Å². The summed E-state index contributed by atoms with van der Waals surface area (Å²) >= 11 is 0. The molecule has 1 heterocycles. The van der Waals surface area contributed by atoms with Gasteiger partial charge in [-0.05, 0) is 30.2 Å². The summed E-state index contributed by atoms with van der Waals surface area (Å²) in [5, 5.41) is 0. The molecule has 0 saturated heterocycles. The Labute approximate surface area is 97.3 Å². The minimum absolute atomic E-state index is 0.183. The lowest BCUT2D eigenvalue weighted by Crippen LogP contribution is -2.16. The van der Waals surface area contributed by atoms with Gasteiger partial charge in [0.15, 0.2) is 0 Å². The molecule has 1 atom stereocenters. The van der Waals surface area contributed by atoms with Crippen LogP contribution in [0.15, 0.2) is 36.8 Å². The van der Waals surface area contributed by atoms with Crippen LogP contribution in [0.4, 0.5) is 8.78 Å². The third-order valence-electron chi connectivity index (χ3n) is 2.41. The number of hydrogen-bond acceptors (Lipinski definition) is 3. The van der Waals surface area contributed by atoms with Crippen molar-refractivity contribution in [2.24, 2.45) is 5.73 Å². The molecule has 2 rings (SSSR count). The zero-order valence-corrected chi connectivity index (χ0v) is 8.98. The molecule has 3 nitrogen and oxygen atoms in total. The van der Waals surface area contributed by atoms with E-state index >= 15 is 0 Å². The average Bonchev–Trinajstić information content (AvgIpc) is 2.35. The summed E-state index contributed by atoms with van der Waals surface area (Å²) in [6.07, 6.45) is 4.74. The molecular weight excluding hydrogens is 224 g/mol. The van der Waals surface area contributed by atoms with Crippen molar-refractivity contribution in [1.29, 1.82) is 0 Å². The summed E-state index contributed by atoms with van der Waals surface area (Å²) < 4.78 is 26.4. The summed E-state index contributed by atoms with van der Waals surface area (Å²) in [5.74, 6) is -0.946. The molecule has 0 aliphatic carbocycles. The van der Waals surface area contributed by atoms with Gasteiger partial charge in [0.1, 0.15) is 11.6 Å². The molecule has 2 aromatic rings. The summed E-state index contributed by atoms with van der Waals surface area (Å²) in [6.45, 7) is 0. The summed E-state index contributed by atoms with van der Waals surface area (Å²) in [4.78, 5) is 7.90. The number of benzene rings is 1.